The molecule has 24 heavy (non-hydrogen) atoms. The first kappa shape index (κ1) is 14.9. The summed E-state index contributed by atoms with van der Waals surface area (Å²) in [6.45, 7) is 1.98. The molecular weight excluding hydrogens is 346 g/mol. The van der Waals surface area contributed by atoms with Gasteiger partial charge in [0.1, 0.15) is 4.83 Å². The Morgan fingerprint density at radius 3 is 2.62 bits per heavy atom. The van der Waals surface area contributed by atoms with Gasteiger partial charge in [0.15, 0.2) is 5.82 Å². The fourth-order valence-corrected chi connectivity index (χ4v) is 3.76. The molecule has 0 unspecified atom stereocenters. The standard InChI is InChI=1S/C15H12ClN7S/c1-6-2-3-7(9(16)4-6)11-8-5-10(12-20-15(18)23-22-12)24-13(8)21-14(17)19-11/h2-5H,1H3,(H2,17,19,21)(H3,18,20,22,23). The van der Waals surface area contributed by atoms with Gasteiger partial charge in [-0.05, 0) is 24.6 Å². The molecule has 0 amide bonds. The van der Waals surface area contributed by atoms with Crippen molar-refractivity contribution in [1.29, 1.82) is 0 Å². The van der Waals surface area contributed by atoms with Crippen LogP contribution in [-0.2, 0) is 0 Å². The highest BCUT2D eigenvalue weighted by Gasteiger charge is 2.16. The molecule has 4 aromatic rings. The number of thiophene rings is 1. The van der Waals surface area contributed by atoms with E-state index in [1.165, 1.54) is 11.3 Å². The zero-order chi connectivity index (χ0) is 16.8. The number of rotatable bonds is 2. The fourth-order valence-electron chi connectivity index (χ4n) is 2.46. The summed E-state index contributed by atoms with van der Waals surface area (Å²) in [6.07, 6.45) is 0. The monoisotopic (exact) mass is 357 g/mol. The molecule has 7 nitrogen and oxygen atoms in total. The number of fused-ring (bicyclic) bond motifs is 1. The van der Waals surface area contributed by atoms with Crippen LogP contribution in [0.4, 0.5) is 11.9 Å². The van der Waals surface area contributed by atoms with E-state index in [-0.39, 0.29) is 11.9 Å². The van der Waals surface area contributed by atoms with Gasteiger partial charge in [0.05, 0.1) is 15.6 Å². The molecule has 0 fully saturated rings. The minimum Gasteiger partial charge on any atom is -0.368 e. The first-order valence-electron chi connectivity index (χ1n) is 7.03. The van der Waals surface area contributed by atoms with Gasteiger partial charge < -0.3 is 11.5 Å². The molecule has 0 atom stereocenters. The molecule has 5 N–H and O–H groups in total. The topological polar surface area (TPSA) is 119 Å². The summed E-state index contributed by atoms with van der Waals surface area (Å²) in [7, 11) is 0. The van der Waals surface area contributed by atoms with E-state index in [1.54, 1.807) is 0 Å². The molecule has 0 aliphatic heterocycles. The van der Waals surface area contributed by atoms with Gasteiger partial charge in [-0.2, -0.15) is 4.98 Å². The number of nitrogens with zero attached hydrogens (tertiary/aromatic N) is 4. The van der Waals surface area contributed by atoms with Crippen LogP contribution in [-0.4, -0.2) is 25.1 Å². The first-order chi connectivity index (χ1) is 11.5. The predicted octanol–water partition coefficient (Wildman–Crippen LogP) is 3.27. The third kappa shape index (κ3) is 2.45. The lowest BCUT2D eigenvalue weighted by Crippen LogP contribution is -1.96. The van der Waals surface area contributed by atoms with Crippen molar-refractivity contribution in [2.75, 3.05) is 11.5 Å². The van der Waals surface area contributed by atoms with Crippen molar-refractivity contribution in [1.82, 2.24) is 25.1 Å². The minimum atomic E-state index is 0.190. The quantitative estimate of drug-likeness (QED) is 0.506. The smallest absolute Gasteiger partial charge is 0.239 e. The maximum atomic E-state index is 6.40. The molecule has 4 rings (SSSR count). The largest absolute Gasteiger partial charge is 0.368 e. The number of aromatic amines is 1. The minimum absolute atomic E-state index is 0.190. The Balaban J connectivity index is 1.96. The van der Waals surface area contributed by atoms with Crippen molar-refractivity contribution in [3.63, 3.8) is 0 Å². The lowest BCUT2D eigenvalue weighted by molar-refractivity contribution is 1.11. The maximum Gasteiger partial charge on any atom is 0.239 e. The first-order valence-corrected chi connectivity index (χ1v) is 8.22. The van der Waals surface area contributed by atoms with Crippen LogP contribution in [0.2, 0.25) is 5.02 Å². The van der Waals surface area contributed by atoms with E-state index in [9.17, 15) is 0 Å². The van der Waals surface area contributed by atoms with Crippen molar-refractivity contribution in [2.24, 2.45) is 0 Å². The number of hydrogen-bond donors (Lipinski definition) is 3. The molecule has 0 aliphatic carbocycles. The summed E-state index contributed by atoms with van der Waals surface area (Å²) in [4.78, 5) is 14.4. The van der Waals surface area contributed by atoms with E-state index < -0.39 is 0 Å². The number of hydrogen-bond acceptors (Lipinski definition) is 7. The predicted molar refractivity (Wildman–Crippen MR) is 96.8 cm³/mol. The molecule has 1 aromatic carbocycles. The fraction of sp³-hybridized carbons (Fsp3) is 0.0667. The van der Waals surface area contributed by atoms with Gasteiger partial charge in [0, 0.05) is 10.9 Å². The highest BCUT2D eigenvalue weighted by Crippen LogP contribution is 2.38. The molecule has 0 saturated heterocycles. The van der Waals surface area contributed by atoms with Gasteiger partial charge in [-0.25, -0.2) is 9.97 Å². The number of nitrogens with one attached hydrogen (secondary N) is 1. The van der Waals surface area contributed by atoms with E-state index in [2.05, 4.69) is 25.1 Å². The Morgan fingerprint density at radius 2 is 1.92 bits per heavy atom. The van der Waals surface area contributed by atoms with Gasteiger partial charge in [0.25, 0.3) is 0 Å². The van der Waals surface area contributed by atoms with Gasteiger partial charge in [-0.15, -0.1) is 16.4 Å². The van der Waals surface area contributed by atoms with Gasteiger partial charge in [-0.1, -0.05) is 23.7 Å². The van der Waals surface area contributed by atoms with Gasteiger partial charge in [0.2, 0.25) is 11.9 Å². The number of nitrogen functional groups attached to an aromatic ring is 2. The Labute approximate surface area is 145 Å². The molecule has 120 valence electrons. The molecule has 9 heteroatoms. The van der Waals surface area contributed by atoms with E-state index >= 15 is 0 Å². The van der Waals surface area contributed by atoms with E-state index in [1.807, 2.05) is 31.2 Å². The van der Waals surface area contributed by atoms with Crippen LogP contribution >= 0.6 is 22.9 Å². The van der Waals surface area contributed by atoms with Crippen LogP contribution in [0.5, 0.6) is 0 Å². The molecule has 0 spiro atoms. The molecule has 3 heterocycles. The molecule has 3 aromatic heterocycles. The highest BCUT2D eigenvalue weighted by molar-refractivity contribution is 7.21. The van der Waals surface area contributed by atoms with Gasteiger partial charge in [-0.3, -0.25) is 5.10 Å². The Kier molecular flexibility index (Phi) is 3.36. The summed E-state index contributed by atoms with van der Waals surface area (Å²) in [5.41, 5.74) is 14.0. The van der Waals surface area contributed by atoms with Crippen LogP contribution < -0.4 is 11.5 Å². The number of halogens is 1. The molecular formula is C15H12ClN7S. The number of nitrogens with two attached hydrogens (primary N) is 2. The summed E-state index contributed by atoms with van der Waals surface area (Å²) >= 11 is 7.83. The van der Waals surface area contributed by atoms with E-state index in [0.29, 0.717) is 16.5 Å². The Morgan fingerprint density at radius 1 is 1.08 bits per heavy atom. The molecule has 0 aliphatic rings. The van der Waals surface area contributed by atoms with Crippen molar-refractivity contribution < 1.29 is 0 Å². The van der Waals surface area contributed by atoms with E-state index in [0.717, 1.165) is 26.2 Å². The Bertz CT molecular complexity index is 1070. The molecule has 0 saturated carbocycles. The third-order valence-corrected chi connectivity index (χ3v) is 4.87. The third-order valence-electron chi connectivity index (χ3n) is 3.53. The van der Waals surface area contributed by atoms with Gasteiger partial charge >= 0.3 is 0 Å². The molecule has 0 radical (unpaired) electrons. The maximum absolute atomic E-state index is 6.40. The average molecular weight is 358 g/mol. The molecule has 0 bridgehead atoms. The summed E-state index contributed by atoms with van der Waals surface area (Å²) < 4.78 is 0. The summed E-state index contributed by atoms with van der Waals surface area (Å²) in [5, 5.41) is 8.11. The number of aryl methyl sites for hydroxylation is 1. The average Bonchev–Trinajstić information content (AvgIpc) is 3.12. The number of H-pyrrole nitrogens is 1. The summed E-state index contributed by atoms with van der Waals surface area (Å²) in [5.74, 6) is 0.963. The highest BCUT2D eigenvalue weighted by atomic mass is 35.5. The van der Waals surface area contributed by atoms with Crippen LogP contribution in [0.3, 0.4) is 0 Å². The van der Waals surface area contributed by atoms with Crippen LogP contribution in [0.1, 0.15) is 5.56 Å². The normalized spacial score (nSPS) is 11.2. The Hall–Kier alpha value is -2.71. The summed E-state index contributed by atoms with van der Waals surface area (Å²) in [6, 6.07) is 7.74. The van der Waals surface area contributed by atoms with Crippen molar-refractivity contribution >= 4 is 45.1 Å². The van der Waals surface area contributed by atoms with Crippen LogP contribution in [0, 0.1) is 6.92 Å². The van der Waals surface area contributed by atoms with Crippen molar-refractivity contribution in [2.45, 2.75) is 6.92 Å². The SMILES string of the molecule is Cc1ccc(-c2nc(N)nc3sc(-c4nc(N)n[nH]4)cc23)c(Cl)c1. The lowest BCUT2D eigenvalue weighted by Gasteiger charge is -2.06. The zero-order valence-corrected chi connectivity index (χ0v) is 14.1. The van der Waals surface area contributed by atoms with Crippen molar-refractivity contribution in [3.05, 3.63) is 34.9 Å². The second-order valence-corrected chi connectivity index (χ2v) is 6.72. The van der Waals surface area contributed by atoms with Crippen LogP contribution in [0.25, 0.3) is 32.2 Å². The number of benzene rings is 1. The van der Waals surface area contributed by atoms with Crippen LogP contribution in [0.15, 0.2) is 24.3 Å². The second kappa shape index (κ2) is 5.43. The second-order valence-electron chi connectivity index (χ2n) is 5.29. The zero-order valence-electron chi connectivity index (χ0n) is 12.5. The van der Waals surface area contributed by atoms with Crippen molar-refractivity contribution in [3.8, 4) is 22.0 Å². The van der Waals surface area contributed by atoms with E-state index in [4.69, 9.17) is 23.1 Å². The number of anilines is 2. The number of aromatic nitrogens is 5. The lowest BCUT2D eigenvalue weighted by atomic mass is 10.1.